The fraction of sp³-hybridized carbons (Fsp3) is 0.150. The zero-order valence-corrected chi connectivity index (χ0v) is 14.1. The number of imidazole rings is 1. The number of benzene rings is 2. The number of H-pyrrole nitrogens is 1. The Morgan fingerprint density at radius 2 is 1.92 bits per heavy atom. The summed E-state index contributed by atoms with van der Waals surface area (Å²) in [4.78, 5) is 23.8. The molecule has 0 aliphatic carbocycles. The van der Waals surface area contributed by atoms with Crippen LogP contribution >= 0.6 is 0 Å². The molecule has 2 aromatic carbocycles. The monoisotopic (exact) mass is 346 g/mol. The van der Waals surface area contributed by atoms with E-state index in [1.54, 1.807) is 18.6 Å². The van der Waals surface area contributed by atoms with Crippen LogP contribution in [0.25, 0.3) is 22.3 Å². The Kier molecular flexibility index (Phi) is 4.47. The Labute approximate surface area is 150 Å². The molecule has 0 amide bonds. The van der Waals surface area contributed by atoms with Gasteiger partial charge < -0.3 is 14.3 Å². The lowest BCUT2D eigenvalue weighted by Gasteiger charge is -2.11. The minimum absolute atomic E-state index is 0.152. The molecule has 0 fully saturated rings. The topological polar surface area (TPSA) is 72.8 Å². The summed E-state index contributed by atoms with van der Waals surface area (Å²) in [5.74, 6) is 1.22. The number of fused-ring (bicyclic) bond motifs is 1. The molecule has 0 aliphatic heterocycles. The van der Waals surface area contributed by atoms with Crippen molar-refractivity contribution in [2.24, 2.45) is 0 Å². The van der Waals surface area contributed by atoms with Crippen molar-refractivity contribution < 1.29 is 4.74 Å². The minimum Gasteiger partial charge on any atom is -0.493 e. The number of hydrogen-bond donors (Lipinski definition) is 1. The molecule has 0 aliphatic rings. The van der Waals surface area contributed by atoms with Gasteiger partial charge >= 0.3 is 0 Å². The first kappa shape index (κ1) is 16.1. The van der Waals surface area contributed by atoms with Gasteiger partial charge in [0.2, 0.25) is 0 Å². The average molecular weight is 346 g/mol. The van der Waals surface area contributed by atoms with Crippen molar-refractivity contribution in [2.45, 2.75) is 13.0 Å². The van der Waals surface area contributed by atoms with Crippen molar-refractivity contribution >= 4 is 10.9 Å². The maximum Gasteiger partial charge on any atom is 0.259 e. The van der Waals surface area contributed by atoms with Gasteiger partial charge in [-0.1, -0.05) is 24.3 Å². The molecule has 0 unspecified atom stereocenters. The number of ether oxygens (including phenoxy) is 1. The Balaban J connectivity index is 1.56. The highest BCUT2D eigenvalue weighted by Gasteiger charge is 2.10. The molecular formula is C20H18N4O2. The van der Waals surface area contributed by atoms with E-state index in [0.717, 1.165) is 18.5 Å². The third-order valence-electron chi connectivity index (χ3n) is 4.13. The SMILES string of the molecule is O=c1[nH]c(-c2ccccc2OCCCn2ccnc2)nc2ccccc12. The molecule has 4 rings (SSSR count). The van der Waals surface area contributed by atoms with E-state index in [-0.39, 0.29) is 5.56 Å². The average Bonchev–Trinajstić information content (AvgIpc) is 3.19. The van der Waals surface area contributed by atoms with E-state index < -0.39 is 0 Å². The summed E-state index contributed by atoms with van der Waals surface area (Å²) in [7, 11) is 0. The number of rotatable bonds is 6. The molecule has 0 spiro atoms. The summed E-state index contributed by atoms with van der Waals surface area (Å²) in [6, 6.07) is 14.9. The Bertz CT molecular complexity index is 1070. The van der Waals surface area contributed by atoms with Crippen LogP contribution in [0.3, 0.4) is 0 Å². The second kappa shape index (κ2) is 7.23. The first-order valence-corrected chi connectivity index (χ1v) is 8.48. The molecule has 130 valence electrons. The Hall–Kier alpha value is -3.41. The lowest BCUT2D eigenvalue weighted by Crippen LogP contribution is -2.10. The van der Waals surface area contributed by atoms with Crippen molar-refractivity contribution in [2.75, 3.05) is 6.61 Å². The lowest BCUT2D eigenvalue weighted by molar-refractivity contribution is 0.303. The van der Waals surface area contributed by atoms with Crippen LogP contribution < -0.4 is 10.3 Å². The number of aromatic nitrogens is 4. The largest absolute Gasteiger partial charge is 0.493 e. The number of nitrogens with zero attached hydrogens (tertiary/aromatic N) is 3. The van der Waals surface area contributed by atoms with E-state index in [1.807, 2.05) is 53.2 Å². The molecule has 1 N–H and O–H groups in total. The molecule has 26 heavy (non-hydrogen) atoms. The minimum atomic E-state index is -0.152. The number of nitrogens with one attached hydrogen (secondary N) is 1. The van der Waals surface area contributed by atoms with Crippen LogP contribution in [0.15, 0.2) is 72.0 Å². The molecule has 0 bridgehead atoms. The summed E-state index contributed by atoms with van der Waals surface area (Å²) in [6.07, 6.45) is 6.33. The Morgan fingerprint density at radius 3 is 2.81 bits per heavy atom. The number of aromatic amines is 1. The van der Waals surface area contributed by atoms with E-state index in [4.69, 9.17) is 4.74 Å². The van der Waals surface area contributed by atoms with Crippen LogP contribution in [0, 0.1) is 0 Å². The van der Waals surface area contributed by atoms with E-state index in [9.17, 15) is 4.79 Å². The number of hydrogen-bond acceptors (Lipinski definition) is 4. The van der Waals surface area contributed by atoms with Crippen LogP contribution in [0.5, 0.6) is 5.75 Å². The summed E-state index contributed by atoms with van der Waals surface area (Å²) in [5, 5.41) is 0.579. The number of para-hydroxylation sites is 2. The van der Waals surface area contributed by atoms with Crippen molar-refractivity contribution in [3.05, 3.63) is 77.6 Å². The van der Waals surface area contributed by atoms with Crippen LogP contribution in [0.2, 0.25) is 0 Å². The van der Waals surface area contributed by atoms with Gasteiger partial charge in [0.15, 0.2) is 0 Å². The standard InChI is InChI=1S/C20H18N4O2/c25-20-15-6-1-3-8-17(15)22-19(23-20)16-7-2-4-9-18(16)26-13-5-11-24-12-10-21-14-24/h1-4,6-10,12,14H,5,11,13H2,(H,22,23,25). The predicted octanol–water partition coefficient (Wildman–Crippen LogP) is 3.26. The van der Waals surface area contributed by atoms with E-state index in [2.05, 4.69) is 15.0 Å². The molecule has 6 nitrogen and oxygen atoms in total. The Morgan fingerprint density at radius 1 is 1.08 bits per heavy atom. The second-order valence-corrected chi connectivity index (χ2v) is 5.93. The van der Waals surface area contributed by atoms with Gasteiger partial charge in [0, 0.05) is 18.9 Å². The van der Waals surface area contributed by atoms with Gasteiger partial charge in [-0.05, 0) is 30.7 Å². The first-order chi connectivity index (χ1) is 12.8. The highest BCUT2D eigenvalue weighted by Crippen LogP contribution is 2.27. The summed E-state index contributed by atoms with van der Waals surface area (Å²) < 4.78 is 7.96. The molecule has 0 radical (unpaired) electrons. The first-order valence-electron chi connectivity index (χ1n) is 8.48. The van der Waals surface area contributed by atoms with Crippen LogP contribution in [0.1, 0.15) is 6.42 Å². The molecule has 4 aromatic rings. The molecule has 0 saturated carbocycles. The van der Waals surface area contributed by atoms with E-state index in [0.29, 0.717) is 29.1 Å². The summed E-state index contributed by atoms with van der Waals surface area (Å²) >= 11 is 0. The smallest absolute Gasteiger partial charge is 0.259 e. The van der Waals surface area contributed by atoms with Crippen molar-refractivity contribution in [1.29, 1.82) is 0 Å². The van der Waals surface area contributed by atoms with Crippen LogP contribution in [-0.2, 0) is 6.54 Å². The predicted molar refractivity (Wildman–Crippen MR) is 100 cm³/mol. The van der Waals surface area contributed by atoms with Gasteiger partial charge in [0.1, 0.15) is 11.6 Å². The van der Waals surface area contributed by atoms with Gasteiger partial charge in [-0.15, -0.1) is 0 Å². The van der Waals surface area contributed by atoms with Crippen molar-refractivity contribution in [3.63, 3.8) is 0 Å². The maximum atomic E-state index is 12.3. The number of aryl methyl sites for hydroxylation is 1. The zero-order chi connectivity index (χ0) is 17.8. The third-order valence-corrected chi connectivity index (χ3v) is 4.13. The van der Waals surface area contributed by atoms with Gasteiger partial charge in [-0.3, -0.25) is 4.79 Å². The quantitative estimate of drug-likeness (QED) is 0.544. The summed E-state index contributed by atoms with van der Waals surface area (Å²) in [6.45, 7) is 1.40. The second-order valence-electron chi connectivity index (χ2n) is 5.93. The van der Waals surface area contributed by atoms with Gasteiger partial charge in [0.25, 0.3) is 5.56 Å². The molecule has 0 saturated heterocycles. The van der Waals surface area contributed by atoms with E-state index >= 15 is 0 Å². The molecule has 0 atom stereocenters. The molecular weight excluding hydrogens is 328 g/mol. The maximum absolute atomic E-state index is 12.3. The lowest BCUT2D eigenvalue weighted by atomic mass is 10.1. The van der Waals surface area contributed by atoms with Crippen molar-refractivity contribution in [3.8, 4) is 17.1 Å². The van der Waals surface area contributed by atoms with Crippen molar-refractivity contribution in [1.82, 2.24) is 19.5 Å². The fourth-order valence-corrected chi connectivity index (χ4v) is 2.85. The molecule has 2 heterocycles. The van der Waals surface area contributed by atoms with Gasteiger partial charge in [-0.2, -0.15) is 0 Å². The molecule has 6 heteroatoms. The normalized spacial score (nSPS) is 10.9. The fourth-order valence-electron chi connectivity index (χ4n) is 2.85. The van der Waals surface area contributed by atoms with Gasteiger partial charge in [-0.25, -0.2) is 9.97 Å². The third kappa shape index (κ3) is 3.35. The van der Waals surface area contributed by atoms with Gasteiger partial charge in [0.05, 0.1) is 29.4 Å². The molecule has 2 aromatic heterocycles. The highest BCUT2D eigenvalue weighted by molar-refractivity contribution is 5.80. The van der Waals surface area contributed by atoms with Crippen LogP contribution in [0.4, 0.5) is 0 Å². The highest BCUT2D eigenvalue weighted by atomic mass is 16.5. The van der Waals surface area contributed by atoms with Crippen LogP contribution in [-0.4, -0.2) is 26.1 Å². The summed E-state index contributed by atoms with van der Waals surface area (Å²) in [5.41, 5.74) is 1.29. The zero-order valence-electron chi connectivity index (χ0n) is 14.1. The van der Waals surface area contributed by atoms with E-state index in [1.165, 1.54) is 0 Å².